The van der Waals surface area contributed by atoms with Crippen molar-refractivity contribution in [3.63, 3.8) is 0 Å². The van der Waals surface area contributed by atoms with E-state index in [1.165, 1.54) is 0 Å². The van der Waals surface area contributed by atoms with Crippen molar-refractivity contribution in [1.82, 2.24) is 10.2 Å². The molecule has 1 amide bonds. The normalized spacial score (nSPS) is 27.0. The van der Waals surface area contributed by atoms with Gasteiger partial charge in [0.2, 0.25) is 5.91 Å². The highest BCUT2D eigenvalue weighted by atomic mass is 16.5. The maximum atomic E-state index is 11.3. The summed E-state index contributed by atoms with van der Waals surface area (Å²) in [5.74, 6) is 0.209. The van der Waals surface area contributed by atoms with Crippen LogP contribution in [0.15, 0.2) is 0 Å². The van der Waals surface area contributed by atoms with Crippen LogP contribution in [0, 0.1) is 0 Å². The second-order valence-corrected chi connectivity index (χ2v) is 5.43. The van der Waals surface area contributed by atoms with Gasteiger partial charge >= 0.3 is 0 Å². The van der Waals surface area contributed by atoms with Crippen molar-refractivity contribution in [2.45, 2.75) is 44.2 Å². The van der Waals surface area contributed by atoms with Crippen LogP contribution in [0.1, 0.15) is 32.1 Å². The minimum Gasteiger partial charge on any atom is -0.382 e. The van der Waals surface area contributed by atoms with E-state index in [-0.39, 0.29) is 5.91 Å². The Morgan fingerprint density at radius 1 is 1.21 bits per heavy atom. The Labute approximate surface area is 115 Å². The molecule has 0 radical (unpaired) electrons. The summed E-state index contributed by atoms with van der Waals surface area (Å²) in [5.41, 5.74) is 0. The summed E-state index contributed by atoms with van der Waals surface area (Å²) >= 11 is 0. The number of carbonyl (C=O) groups excluding carboxylic acids is 1. The molecule has 2 aliphatic rings. The first kappa shape index (κ1) is 14.8. The molecule has 1 atom stereocenters. The van der Waals surface area contributed by atoms with E-state index in [0.717, 1.165) is 45.3 Å². The second kappa shape index (κ2) is 7.82. The number of carbonyl (C=O) groups is 1. The van der Waals surface area contributed by atoms with Gasteiger partial charge in [0, 0.05) is 39.2 Å². The highest BCUT2D eigenvalue weighted by Gasteiger charge is 2.26. The standard InChI is InChI=1S/C14H26N2O3/c1-18-10-11-19-13-5-8-16(9-6-13)12-2-3-14(17)15-7-4-12/h12-13H,2-11H2,1H3,(H,15,17). The van der Waals surface area contributed by atoms with Crippen molar-refractivity contribution >= 4 is 5.91 Å². The largest absolute Gasteiger partial charge is 0.382 e. The molecule has 0 aliphatic carbocycles. The number of rotatable bonds is 5. The first-order chi connectivity index (χ1) is 9.29. The van der Waals surface area contributed by atoms with E-state index in [4.69, 9.17) is 9.47 Å². The Hall–Kier alpha value is -0.650. The van der Waals surface area contributed by atoms with E-state index in [1.807, 2.05) is 0 Å². The van der Waals surface area contributed by atoms with E-state index < -0.39 is 0 Å². The Kier molecular flexibility index (Phi) is 6.07. The summed E-state index contributed by atoms with van der Waals surface area (Å²) < 4.78 is 10.8. The van der Waals surface area contributed by atoms with E-state index in [1.54, 1.807) is 7.11 Å². The van der Waals surface area contributed by atoms with Crippen LogP contribution in [0.25, 0.3) is 0 Å². The quantitative estimate of drug-likeness (QED) is 0.750. The van der Waals surface area contributed by atoms with Crippen LogP contribution in [0.3, 0.4) is 0 Å². The van der Waals surface area contributed by atoms with Gasteiger partial charge in [-0.2, -0.15) is 0 Å². The van der Waals surface area contributed by atoms with Crippen molar-refractivity contribution in [1.29, 1.82) is 0 Å². The summed E-state index contributed by atoms with van der Waals surface area (Å²) in [6, 6.07) is 0.568. The van der Waals surface area contributed by atoms with Crippen molar-refractivity contribution in [2.24, 2.45) is 0 Å². The molecule has 1 unspecified atom stereocenters. The lowest BCUT2D eigenvalue weighted by Crippen LogP contribution is -2.43. The Bertz CT molecular complexity index is 278. The molecule has 2 aliphatic heterocycles. The van der Waals surface area contributed by atoms with E-state index in [2.05, 4.69) is 10.2 Å². The fourth-order valence-electron chi connectivity index (χ4n) is 2.98. The number of methoxy groups -OCH3 is 1. The molecule has 2 heterocycles. The van der Waals surface area contributed by atoms with Crippen LogP contribution < -0.4 is 5.32 Å². The predicted molar refractivity (Wildman–Crippen MR) is 73.1 cm³/mol. The number of likely N-dealkylation sites (tertiary alicyclic amines) is 1. The molecule has 0 aromatic rings. The molecule has 2 rings (SSSR count). The number of hydrogen-bond acceptors (Lipinski definition) is 4. The fraction of sp³-hybridized carbons (Fsp3) is 0.929. The minimum absolute atomic E-state index is 0.209. The Morgan fingerprint density at radius 3 is 2.74 bits per heavy atom. The van der Waals surface area contributed by atoms with E-state index in [9.17, 15) is 4.79 Å². The van der Waals surface area contributed by atoms with Crippen LogP contribution in [0.2, 0.25) is 0 Å². The van der Waals surface area contributed by atoms with Gasteiger partial charge in [-0.15, -0.1) is 0 Å². The van der Waals surface area contributed by atoms with Gasteiger partial charge in [-0.05, 0) is 25.7 Å². The molecular weight excluding hydrogens is 244 g/mol. The number of ether oxygens (including phenoxy) is 2. The SMILES string of the molecule is COCCOC1CCN(C2CCNC(=O)CC2)CC1. The third-order valence-electron chi connectivity index (χ3n) is 4.14. The van der Waals surface area contributed by atoms with Crippen LogP contribution in [-0.2, 0) is 14.3 Å². The third-order valence-corrected chi connectivity index (χ3v) is 4.14. The number of nitrogens with zero attached hydrogens (tertiary/aromatic N) is 1. The molecular formula is C14H26N2O3. The van der Waals surface area contributed by atoms with Gasteiger partial charge in [0.25, 0.3) is 0 Å². The molecule has 0 saturated carbocycles. The lowest BCUT2D eigenvalue weighted by atomic mass is 10.0. The molecule has 0 bridgehead atoms. The molecule has 5 nitrogen and oxygen atoms in total. The predicted octanol–water partition coefficient (Wildman–Crippen LogP) is 0.783. The number of nitrogens with one attached hydrogen (secondary N) is 1. The van der Waals surface area contributed by atoms with Crippen LogP contribution in [0.4, 0.5) is 0 Å². The lowest BCUT2D eigenvalue weighted by molar-refractivity contribution is -0.120. The first-order valence-corrected chi connectivity index (χ1v) is 7.41. The smallest absolute Gasteiger partial charge is 0.220 e. The first-order valence-electron chi connectivity index (χ1n) is 7.41. The molecule has 2 saturated heterocycles. The second-order valence-electron chi connectivity index (χ2n) is 5.43. The maximum Gasteiger partial charge on any atom is 0.220 e. The Morgan fingerprint density at radius 2 is 2.00 bits per heavy atom. The molecule has 1 N–H and O–H groups in total. The Balaban J connectivity index is 1.68. The van der Waals surface area contributed by atoms with Gasteiger partial charge in [-0.25, -0.2) is 0 Å². The number of amides is 1. The van der Waals surface area contributed by atoms with Crippen molar-refractivity contribution in [3.8, 4) is 0 Å². The van der Waals surface area contributed by atoms with Crippen LogP contribution in [-0.4, -0.2) is 62.9 Å². The monoisotopic (exact) mass is 270 g/mol. The topological polar surface area (TPSA) is 50.8 Å². The maximum absolute atomic E-state index is 11.3. The summed E-state index contributed by atoms with van der Waals surface area (Å²) in [7, 11) is 1.70. The summed E-state index contributed by atoms with van der Waals surface area (Å²) in [6.45, 7) is 4.39. The van der Waals surface area contributed by atoms with Gasteiger partial charge in [0.05, 0.1) is 19.3 Å². The molecule has 2 fully saturated rings. The summed E-state index contributed by atoms with van der Waals surface area (Å²) in [5, 5.41) is 2.95. The van der Waals surface area contributed by atoms with Crippen LogP contribution in [0.5, 0.6) is 0 Å². The van der Waals surface area contributed by atoms with Crippen LogP contribution >= 0.6 is 0 Å². The highest BCUT2D eigenvalue weighted by Crippen LogP contribution is 2.21. The average molecular weight is 270 g/mol. The summed E-state index contributed by atoms with van der Waals surface area (Å²) in [6.07, 6.45) is 5.34. The van der Waals surface area contributed by atoms with Crippen molar-refractivity contribution < 1.29 is 14.3 Å². The fourth-order valence-corrected chi connectivity index (χ4v) is 2.98. The van der Waals surface area contributed by atoms with Crippen molar-refractivity contribution in [3.05, 3.63) is 0 Å². The zero-order valence-corrected chi connectivity index (χ0v) is 11.9. The van der Waals surface area contributed by atoms with Gasteiger partial charge in [0.1, 0.15) is 0 Å². The highest BCUT2D eigenvalue weighted by molar-refractivity contribution is 5.76. The number of hydrogen-bond donors (Lipinski definition) is 1. The van der Waals surface area contributed by atoms with Crippen molar-refractivity contribution in [2.75, 3.05) is 40.0 Å². The molecule has 110 valence electrons. The third kappa shape index (κ3) is 4.75. The summed E-state index contributed by atoms with van der Waals surface area (Å²) in [4.78, 5) is 13.9. The average Bonchev–Trinajstić information content (AvgIpc) is 2.65. The van der Waals surface area contributed by atoms with Gasteiger partial charge < -0.3 is 19.7 Å². The van der Waals surface area contributed by atoms with E-state index in [0.29, 0.717) is 31.8 Å². The molecule has 5 heteroatoms. The molecule has 0 aromatic heterocycles. The number of piperidine rings is 1. The van der Waals surface area contributed by atoms with E-state index >= 15 is 0 Å². The van der Waals surface area contributed by atoms with Gasteiger partial charge in [0.15, 0.2) is 0 Å². The zero-order valence-electron chi connectivity index (χ0n) is 11.9. The van der Waals surface area contributed by atoms with Gasteiger partial charge in [-0.3, -0.25) is 4.79 Å². The molecule has 0 aromatic carbocycles. The zero-order chi connectivity index (χ0) is 13.5. The lowest BCUT2D eigenvalue weighted by Gasteiger charge is -2.37. The molecule has 19 heavy (non-hydrogen) atoms. The molecule has 0 spiro atoms. The minimum atomic E-state index is 0.209. The van der Waals surface area contributed by atoms with Gasteiger partial charge in [-0.1, -0.05) is 0 Å².